The SMILES string of the molecule is C=C1[C@H](NC2=CC(=O)CCC2)C[C@@H]2C[C@@H]1C2(C)C. The van der Waals surface area contributed by atoms with E-state index in [2.05, 4.69) is 25.7 Å². The molecule has 0 spiro atoms. The summed E-state index contributed by atoms with van der Waals surface area (Å²) in [5, 5.41) is 3.58. The van der Waals surface area contributed by atoms with Crippen LogP contribution in [0.2, 0.25) is 0 Å². The van der Waals surface area contributed by atoms with E-state index in [4.69, 9.17) is 0 Å². The average Bonchev–Trinajstić information content (AvgIpc) is 2.31. The third-order valence-electron chi connectivity index (χ3n) is 5.45. The Kier molecular flexibility index (Phi) is 2.65. The summed E-state index contributed by atoms with van der Waals surface area (Å²) in [6, 6.07) is 0.402. The van der Waals surface area contributed by atoms with Crippen LogP contribution in [0.15, 0.2) is 23.9 Å². The molecule has 0 aromatic heterocycles. The molecule has 3 saturated carbocycles. The Morgan fingerprint density at radius 3 is 2.72 bits per heavy atom. The van der Waals surface area contributed by atoms with Gasteiger partial charge in [-0.1, -0.05) is 26.0 Å². The van der Waals surface area contributed by atoms with Gasteiger partial charge in [0, 0.05) is 24.2 Å². The third kappa shape index (κ3) is 1.73. The Morgan fingerprint density at radius 1 is 1.33 bits per heavy atom. The van der Waals surface area contributed by atoms with Crippen LogP contribution in [0.4, 0.5) is 0 Å². The number of ketones is 1. The van der Waals surface area contributed by atoms with Crippen LogP contribution in [-0.2, 0) is 4.79 Å². The second-order valence-electron chi connectivity index (χ2n) is 6.80. The van der Waals surface area contributed by atoms with Crippen molar-refractivity contribution in [2.75, 3.05) is 0 Å². The summed E-state index contributed by atoms with van der Waals surface area (Å²) < 4.78 is 0. The second kappa shape index (κ2) is 3.97. The topological polar surface area (TPSA) is 29.1 Å². The van der Waals surface area contributed by atoms with E-state index in [1.807, 2.05) is 6.08 Å². The van der Waals surface area contributed by atoms with Gasteiger partial charge in [0.15, 0.2) is 5.78 Å². The number of rotatable bonds is 2. The van der Waals surface area contributed by atoms with Gasteiger partial charge >= 0.3 is 0 Å². The van der Waals surface area contributed by atoms with Gasteiger partial charge in [-0.2, -0.15) is 0 Å². The summed E-state index contributed by atoms with van der Waals surface area (Å²) in [5.41, 5.74) is 2.95. The summed E-state index contributed by atoms with van der Waals surface area (Å²) >= 11 is 0. The van der Waals surface area contributed by atoms with Gasteiger partial charge in [0.05, 0.1) is 0 Å². The molecule has 2 bridgehead atoms. The van der Waals surface area contributed by atoms with Gasteiger partial charge in [-0.05, 0) is 42.9 Å². The van der Waals surface area contributed by atoms with Crippen molar-refractivity contribution in [3.63, 3.8) is 0 Å². The zero-order chi connectivity index (χ0) is 12.9. The molecule has 1 N–H and O–H groups in total. The molecule has 0 radical (unpaired) electrons. The van der Waals surface area contributed by atoms with Crippen LogP contribution in [0, 0.1) is 17.3 Å². The van der Waals surface area contributed by atoms with Crippen molar-refractivity contribution < 1.29 is 4.79 Å². The maximum Gasteiger partial charge on any atom is 0.157 e. The molecule has 4 aliphatic carbocycles. The van der Waals surface area contributed by atoms with Crippen LogP contribution in [0.3, 0.4) is 0 Å². The average molecular weight is 245 g/mol. The predicted molar refractivity (Wildman–Crippen MR) is 73.0 cm³/mol. The number of hydrogen-bond donors (Lipinski definition) is 1. The van der Waals surface area contributed by atoms with Gasteiger partial charge in [-0.25, -0.2) is 0 Å². The van der Waals surface area contributed by atoms with Crippen molar-refractivity contribution in [2.45, 2.75) is 52.0 Å². The van der Waals surface area contributed by atoms with E-state index in [0.717, 1.165) is 30.9 Å². The van der Waals surface area contributed by atoms with Crippen LogP contribution >= 0.6 is 0 Å². The third-order valence-corrected chi connectivity index (χ3v) is 5.45. The standard InChI is InChI=1S/C16H23NO/c1-10-14-7-11(16(14,2)3)8-15(10)17-12-5-4-6-13(18)9-12/h9,11,14-15,17H,1,4-8H2,2-3H3/t11-,14-,15+/m0/s1. The minimum Gasteiger partial charge on any atom is -0.382 e. The first-order valence-electron chi connectivity index (χ1n) is 7.17. The summed E-state index contributed by atoms with van der Waals surface area (Å²) in [4.78, 5) is 11.4. The molecule has 2 nitrogen and oxygen atoms in total. The Bertz CT molecular complexity index is 432. The normalized spacial score (nSPS) is 37.9. The molecule has 0 saturated heterocycles. The van der Waals surface area contributed by atoms with Gasteiger partial charge in [-0.3, -0.25) is 4.79 Å². The molecule has 0 aromatic carbocycles. The summed E-state index contributed by atoms with van der Waals surface area (Å²) in [7, 11) is 0. The maximum absolute atomic E-state index is 11.4. The highest BCUT2D eigenvalue weighted by Crippen LogP contribution is 2.60. The Balaban J connectivity index is 1.69. The lowest BCUT2D eigenvalue weighted by molar-refractivity contribution is -0.115. The highest BCUT2D eigenvalue weighted by molar-refractivity contribution is 5.91. The highest BCUT2D eigenvalue weighted by Gasteiger charge is 2.54. The van der Waals surface area contributed by atoms with Gasteiger partial charge < -0.3 is 5.32 Å². The van der Waals surface area contributed by atoms with E-state index in [0.29, 0.717) is 17.4 Å². The first-order valence-corrected chi connectivity index (χ1v) is 7.17. The van der Waals surface area contributed by atoms with Crippen LogP contribution in [0.25, 0.3) is 0 Å². The molecule has 4 aliphatic rings. The fourth-order valence-electron chi connectivity index (χ4n) is 4.00. The minimum atomic E-state index is 0.274. The van der Waals surface area contributed by atoms with Gasteiger partial charge in [0.2, 0.25) is 0 Å². The van der Waals surface area contributed by atoms with E-state index in [9.17, 15) is 4.79 Å². The summed E-state index contributed by atoms with van der Waals surface area (Å²) in [6.45, 7) is 9.06. The summed E-state index contributed by atoms with van der Waals surface area (Å²) in [5.74, 6) is 1.77. The van der Waals surface area contributed by atoms with Gasteiger partial charge in [0.25, 0.3) is 0 Å². The molecule has 3 fully saturated rings. The van der Waals surface area contributed by atoms with Crippen molar-refractivity contribution in [2.24, 2.45) is 17.3 Å². The fourth-order valence-corrected chi connectivity index (χ4v) is 4.00. The molecule has 0 aromatic rings. The van der Waals surface area contributed by atoms with Crippen molar-refractivity contribution in [1.29, 1.82) is 0 Å². The van der Waals surface area contributed by atoms with Crippen LogP contribution in [0.5, 0.6) is 0 Å². The first-order chi connectivity index (χ1) is 8.48. The molecule has 2 heteroatoms. The number of carbonyl (C=O) groups is 1. The predicted octanol–water partition coefficient (Wildman–Crippen LogP) is 3.20. The Morgan fingerprint density at radius 2 is 2.11 bits per heavy atom. The van der Waals surface area contributed by atoms with Crippen molar-refractivity contribution >= 4 is 5.78 Å². The van der Waals surface area contributed by atoms with Crippen LogP contribution in [-0.4, -0.2) is 11.8 Å². The summed E-state index contributed by atoms with van der Waals surface area (Å²) in [6.07, 6.45) is 7.05. The molecule has 0 amide bonds. The molecule has 0 heterocycles. The largest absolute Gasteiger partial charge is 0.382 e. The van der Waals surface area contributed by atoms with Crippen molar-refractivity contribution in [1.82, 2.24) is 5.32 Å². The van der Waals surface area contributed by atoms with Gasteiger partial charge in [0.1, 0.15) is 0 Å². The molecule has 0 aliphatic heterocycles. The number of carbonyl (C=O) groups excluding carboxylic acids is 1. The zero-order valence-electron chi connectivity index (χ0n) is 11.5. The Hall–Kier alpha value is -1.05. The molecule has 0 unspecified atom stereocenters. The fraction of sp³-hybridized carbons (Fsp3) is 0.688. The van der Waals surface area contributed by atoms with E-state index >= 15 is 0 Å². The number of fused-ring (bicyclic) bond motifs is 2. The smallest absolute Gasteiger partial charge is 0.157 e. The minimum absolute atomic E-state index is 0.274. The van der Waals surface area contributed by atoms with E-state index in [-0.39, 0.29) is 5.78 Å². The van der Waals surface area contributed by atoms with E-state index in [1.165, 1.54) is 18.4 Å². The monoisotopic (exact) mass is 245 g/mol. The molecule has 18 heavy (non-hydrogen) atoms. The molecule has 98 valence electrons. The van der Waals surface area contributed by atoms with E-state index in [1.54, 1.807) is 0 Å². The lowest BCUT2D eigenvalue weighted by Gasteiger charge is -2.60. The zero-order valence-corrected chi connectivity index (χ0v) is 11.5. The Labute approximate surface area is 110 Å². The van der Waals surface area contributed by atoms with E-state index < -0.39 is 0 Å². The molecule has 3 atom stereocenters. The van der Waals surface area contributed by atoms with Crippen molar-refractivity contribution in [3.8, 4) is 0 Å². The van der Waals surface area contributed by atoms with Crippen molar-refractivity contribution in [3.05, 3.63) is 23.9 Å². The van der Waals surface area contributed by atoms with Gasteiger partial charge in [-0.15, -0.1) is 0 Å². The van der Waals surface area contributed by atoms with Crippen LogP contribution in [0.1, 0.15) is 46.0 Å². The van der Waals surface area contributed by atoms with Crippen LogP contribution < -0.4 is 5.32 Å². The maximum atomic E-state index is 11.4. The molecular formula is C16H23NO. The molecular weight excluding hydrogens is 222 g/mol. The first kappa shape index (κ1) is 12.0. The number of hydrogen-bond acceptors (Lipinski definition) is 2. The quantitative estimate of drug-likeness (QED) is 0.757. The molecule has 4 rings (SSSR count). The lowest BCUT2D eigenvalue weighted by Crippen LogP contribution is -2.56. The number of allylic oxidation sites excluding steroid dienone is 2. The second-order valence-corrected chi connectivity index (χ2v) is 6.80. The highest BCUT2D eigenvalue weighted by atomic mass is 16.1. The lowest BCUT2D eigenvalue weighted by atomic mass is 9.46. The number of nitrogens with one attached hydrogen (secondary N) is 1.